The van der Waals surface area contributed by atoms with Crippen LogP contribution < -0.4 is 9.64 Å². The molecule has 1 aromatic heterocycles. The summed E-state index contributed by atoms with van der Waals surface area (Å²) in [6.45, 7) is 2.95. The van der Waals surface area contributed by atoms with E-state index in [2.05, 4.69) is 4.90 Å². The topological polar surface area (TPSA) is 75.1 Å². The first-order valence-corrected chi connectivity index (χ1v) is 13.5. The molecule has 0 saturated carbocycles. The number of piperidine rings is 1. The quantitative estimate of drug-likeness (QED) is 0.448. The van der Waals surface area contributed by atoms with Gasteiger partial charge in [0.15, 0.2) is 0 Å². The number of amides is 1. The second-order valence-corrected chi connectivity index (χ2v) is 10.2. The Bertz CT molecular complexity index is 1260. The number of nitrogens with zero attached hydrogens (tertiary/aromatic N) is 3. The summed E-state index contributed by atoms with van der Waals surface area (Å²) in [7, 11) is 1.64. The second-order valence-electron chi connectivity index (χ2n) is 10.2. The average molecular weight is 522 g/mol. The number of benzene rings is 2. The van der Waals surface area contributed by atoms with Crippen LogP contribution in [-0.4, -0.2) is 66.5 Å². The lowest BCUT2D eigenvalue weighted by atomic mass is 10.0. The number of aliphatic hydroxyl groups excluding tert-OH is 1. The van der Waals surface area contributed by atoms with Gasteiger partial charge in [0.1, 0.15) is 17.4 Å². The molecule has 2 aliphatic rings. The number of methoxy groups -OCH3 is 1. The summed E-state index contributed by atoms with van der Waals surface area (Å²) in [5.74, 6) is 1.26. The zero-order valence-electron chi connectivity index (χ0n) is 21.9. The van der Waals surface area contributed by atoms with Crippen LogP contribution >= 0.6 is 0 Å². The highest BCUT2D eigenvalue weighted by atomic mass is 19.1. The molecule has 202 valence electrons. The van der Waals surface area contributed by atoms with Crippen LogP contribution in [0.1, 0.15) is 43.2 Å². The summed E-state index contributed by atoms with van der Waals surface area (Å²) in [6.07, 6.45) is 3.86. The average Bonchev–Trinajstić information content (AvgIpc) is 3.45. The minimum Gasteiger partial charge on any atom is -0.496 e. The van der Waals surface area contributed by atoms with Crippen molar-refractivity contribution >= 4 is 22.6 Å². The summed E-state index contributed by atoms with van der Waals surface area (Å²) in [5, 5.41) is 10.9. The standard InChI is InChI=1S/C30H36FN3O4/c1-37-28-7-3-2-5-21(28)9-11-29(36)34(20-26-6-4-16-38-26)19-23-17-22-8-10-24(31)18-27(22)32-30(23)33-14-12-25(35)13-15-33/h2-3,5,7-8,10,17-18,25-26,35H,4,6,9,11-16,19-20H2,1H3. The summed E-state index contributed by atoms with van der Waals surface area (Å²) in [4.78, 5) is 22.6. The number of aromatic nitrogens is 1. The third-order valence-corrected chi connectivity index (χ3v) is 7.56. The van der Waals surface area contributed by atoms with Gasteiger partial charge in [-0.1, -0.05) is 18.2 Å². The Morgan fingerprint density at radius 1 is 1.16 bits per heavy atom. The first-order chi connectivity index (χ1) is 18.5. The largest absolute Gasteiger partial charge is 0.496 e. The van der Waals surface area contributed by atoms with E-state index in [1.807, 2.05) is 35.2 Å². The predicted molar refractivity (Wildman–Crippen MR) is 145 cm³/mol. The molecule has 1 unspecified atom stereocenters. The van der Waals surface area contributed by atoms with E-state index in [4.69, 9.17) is 14.5 Å². The van der Waals surface area contributed by atoms with Crippen LogP contribution in [0.3, 0.4) is 0 Å². The lowest BCUT2D eigenvalue weighted by molar-refractivity contribution is -0.133. The highest BCUT2D eigenvalue weighted by Gasteiger charge is 2.26. The Kier molecular flexibility index (Phi) is 8.39. The number of aliphatic hydroxyl groups is 1. The fourth-order valence-corrected chi connectivity index (χ4v) is 5.45. The van der Waals surface area contributed by atoms with Gasteiger partial charge in [0.25, 0.3) is 0 Å². The van der Waals surface area contributed by atoms with Crippen LogP contribution in [0.5, 0.6) is 5.75 Å². The number of carbonyl (C=O) groups is 1. The van der Waals surface area contributed by atoms with Crippen molar-refractivity contribution in [3.8, 4) is 5.75 Å². The molecule has 0 radical (unpaired) electrons. The predicted octanol–water partition coefficient (Wildman–Crippen LogP) is 4.48. The van der Waals surface area contributed by atoms with Crippen LogP contribution in [-0.2, 0) is 22.5 Å². The zero-order valence-corrected chi connectivity index (χ0v) is 21.9. The molecule has 2 fully saturated rings. The monoisotopic (exact) mass is 521 g/mol. The molecular weight excluding hydrogens is 485 g/mol. The van der Waals surface area contributed by atoms with Crippen molar-refractivity contribution in [1.82, 2.24) is 9.88 Å². The van der Waals surface area contributed by atoms with Crippen molar-refractivity contribution in [3.05, 3.63) is 65.5 Å². The molecule has 2 aromatic carbocycles. The highest BCUT2D eigenvalue weighted by Crippen LogP contribution is 2.29. The van der Waals surface area contributed by atoms with Crippen molar-refractivity contribution in [1.29, 1.82) is 0 Å². The molecule has 1 N–H and O–H groups in total. The van der Waals surface area contributed by atoms with Gasteiger partial charge in [0.05, 0.1) is 24.8 Å². The van der Waals surface area contributed by atoms with E-state index in [9.17, 15) is 14.3 Å². The van der Waals surface area contributed by atoms with E-state index >= 15 is 0 Å². The molecule has 2 saturated heterocycles. The number of fused-ring (bicyclic) bond motifs is 1. The minimum absolute atomic E-state index is 0.0151. The normalized spacial score (nSPS) is 18.2. The zero-order chi connectivity index (χ0) is 26.5. The number of hydrogen-bond donors (Lipinski definition) is 1. The van der Waals surface area contributed by atoms with E-state index in [0.717, 1.165) is 47.5 Å². The molecule has 1 amide bonds. The SMILES string of the molecule is COc1ccccc1CCC(=O)N(Cc1cc2ccc(F)cc2nc1N1CCC(O)CC1)CC1CCCO1. The smallest absolute Gasteiger partial charge is 0.223 e. The maximum atomic E-state index is 14.0. The number of rotatable bonds is 9. The number of aryl methyl sites for hydroxylation is 1. The number of carbonyl (C=O) groups excluding carboxylic acids is 1. The Hall–Kier alpha value is -3.23. The molecule has 2 aliphatic heterocycles. The fraction of sp³-hybridized carbons (Fsp3) is 0.467. The van der Waals surface area contributed by atoms with Crippen LogP contribution in [0, 0.1) is 5.82 Å². The van der Waals surface area contributed by atoms with Crippen molar-refractivity contribution in [2.24, 2.45) is 0 Å². The van der Waals surface area contributed by atoms with Crippen LogP contribution in [0.4, 0.5) is 10.2 Å². The number of anilines is 1. The maximum Gasteiger partial charge on any atom is 0.223 e. The Morgan fingerprint density at radius 3 is 2.74 bits per heavy atom. The van der Waals surface area contributed by atoms with Gasteiger partial charge < -0.3 is 24.4 Å². The van der Waals surface area contributed by atoms with Gasteiger partial charge in [0, 0.05) is 56.2 Å². The van der Waals surface area contributed by atoms with E-state index < -0.39 is 0 Å². The number of pyridine rings is 1. The van der Waals surface area contributed by atoms with E-state index in [1.165, 1.54) is 12.1 Å². The summed E-state index contributed by atoms with van der Waals surface area (Å²) >= 11 is 0. The third-order valence-electron chi connectivity index (χ3n) is 7.56. The fourth-order valence-electron chi connectivity index (χ4n) is 5.45. The van der Waals surface area contributed by atoms with Gasteiger partial charge in [-0.15, -0.1) is 0 Å². The van der Waals surface area contributed by atoms with Gasteiger partial charge in [-0.3, -0.25) is 4.79 Å². The molecule has 8 heteroatoms. The lowest BCUT2D eigenvalue weighted by Gasteiger charge is -2.33. The molecular formula is C30H36FN3O4. The number of ether oxygens (including phenoxy) is 2. The number of hydrogen-bond acceptors (Lipinski definition) is 6. The molecule has 38 heavy (non-hydrogen) atoms. The first-order valence-electron chi connectivity index (χ1n) is 13.5. The Balaban J connectivity index is 1.43. The van der Waals surface area contributed by atoms with Gasteiger partial charge in [0.2, 0.25) is 5.91 Å². The van der Waals surface area contributed by atoms with Crippen molar-refractivity contribution in [3.63, 3.8) is 0 Å². The Morgan fingerprint density at radius 2 is 1.97 bits per heavy atom. The first kappa shape index (κ1) is 26.4. The minimum atomic E-state index is -0.329. The molecule has 3 heterocycles. The van der Waals surface area contributed by atoms with E-state index in [0.29, 0.717) is 57.4 Å². The molecule has 1 atom stereocenters. The summed E-state index contributed by atoms with van der Waals surface area (Å²) in [5.41, 5.74) is 2.51. The van der Waals surface area contributed by atoms with Crippen molar-refractivity contribution < 1.29 is 23.8 Å². The molecule has 7 nitrogen and oxygen atoms in total. The molecule has 0 spiro atoms. The number of halogens is 1. The molecule has 0 bridgehead atoms. The van der Waals surface area contributed by atoms with E-state index in [-0.39, 0.29) is 23.9 Å². The second kappa shape index (κ2) is 12.1. The van der Waals surface area contributed by atoms with Crippen LogP contribution in [0.2, 0.25) is 0 Å². The van der Waals surface area contributed by atoms with E-state index in [1.54, 1.807) is 13.2 Å². The summed E-state index contributed by atoms with van der Waals surface area (Å²) < 4.78 is 25.4. The van der Waals surface area contributed by atoms with Gasteiger partial charge in [-0.05, 0) is 61.9 Å². The lowest BCUT2D eigenvalue weighted by Crippen LogP contribution is -2.39. The van der Waals surface area contributed by atoms with Crippen LogP contribution in [0.25, 0.3) is 10.9 Å². The van der Waals surface area contributed by atoms with Gasteiger partial charge in [-0.25, -0.2) is 9.37 Å². The molecule has 3 aromatic rings. The maximum absolute atomic E-state index is 14.0. The van der Waals surface area contributed by atoms with Crippen molar-refractivity contribution in [2.45, 2.75) is 57.3 Å². The molecule has 5 rings (SSSR count). The van der Waals surface area contributed by atoms with Gasteiger partial charge in [-0.2, -0.15) is 0 Å². The van der Waals surface area contributed by atoms with Crippen LogP contribution in [0.15, 0.2) is 48.5 Å². The third kappa shape index (κ3) is 6.25. The molecule has 0 aliphatic carbocycles. The Labute approximate surface area is 223 Å². The number of para-hydroxylation sites is 1. The van der Waals surface area contributed by atoms with Crippen molar-refractivity contribution in [2.75, 3.05) is 38.3 Å². The van der Waals surface area contributed by atoms with Gasteiger partial charge >= 0.3 is 0 Å². The highest BCUT2D eigenvalue weighted by molar-refractivity contribution is 5.82. The summed E-state index contributed by atoms with van der Waals surface area (Å²) in [6, 6.07) is 14.4.